The van der Waals surface area contributed by atoms with Crippen molar-refractivity contribution in [1.82, 2.24) is 0 Å². The van der Waals surface area contributed by atoms with Crippen molar-refractivity contribution in [2.45, 2.75) is 92.4 Å². The van der Waals surface area contributed by atoms with Crippen LogP contribution >= 0.6 is 11.6 Å². The Kier molecular flexibility index (Phi) is 11.3. The molecule has 0 spiro atoms. The van der Waals surface area contributed by atoms with Gasteiger partial charge < -0.3 is 5.11 Å². The van der Waals surface area contributed by atoms with E-state index in [0.29, 0.717) is 28.8 Å². The van der Waals surface area contributed by atoms with Crippen LogP contribution in [-0.4, -0.2) is 11.3 Å². The lowest BCUT2D eigenvalue weighted by molar-refractivity contribution is 0.348. The zero-order valence-electron chi connectivity index (χ0n) is 29.2. The minimum absolute atomic E-state index is 0.196. The monoisotopic (exact) mass is 643 g/mol. The van der Waals surface area contributed by atoms with Crippen LogP contribution in [0.3, 0.4) is 0 Å². The van der Waals surface area contributed by atoms with Crippen molar-refractivity contribution < 1.29 is 5.11 Å². The van der Waals surface area contributed by atoms with E-state index in [1.807, 2.05) is 49.6 Å². The summed E-state index contributed by atoms with van der Waals surface area (Å²) >= 11 is 6.97. The second-order valence-corrected chi connectivity index (χ2v) is 14.2. The first-order chi connectivity index (χ1) is 22.6. The van der Waals surface area contributed by atoms with Gasteiger partial charge in [0.15, 0.2) is 0 Å². The third-order valence-electron chi connectivity index (χ3n) is 10.1. The van der Waals surface area contributed by atoms with Gasteiger partial charge in [0.2, 0.25) is 0 Å². The average Bonchev–Trinajstić information content (AvgIpc) is 3.27. The van der Waals surface area contributed by atoms with Gasteiger partial charge in [-0.3, -0.25) is 4.99 Å². The molecule has 5 rings (SSSR count). The molecule has 1 heterocycles. The number of phenols is 1. The highest BCUT2D eigenvalue weighted by Crippen LogP contribution is 2.42. The summed E-state index contributed by atoms with van der Waals surface area (Å²) in [5.74, 6) is 2.39. The molecule has 2 aliphatic rings. The Morgan fingerprint density at radius 3 is 2.36 bits per heavy atom. The standard InChI is InChI=1S/C44H50ClNO/c1-8-10-40-38-22-20-37(24-32-13-17-34(18-14-32)33-15-11-29(5)12-16-33)46-27-36(38)25-42(44(40)47)39-21-19-35(26-43(39)45)31(7)23-41(28(3)4)30(6)9-2/h8-10,13-14,17-19,21-23,25-29,31,33,47H,11-12,15-16,24H2,1-7H3/b10-8-,30-9?,41-23?. The van der Waals surface area contributed by atoms with Crippen molar-refractivity contribution in [3.05, 3.63) is 128 Å². The predicted octanol–water partition coefficient (Wildman–Crippen LogP) is 12.9. The van der Waals surface area contributed by atoms with Crippen LogP contribution in [0.15, 0.2) is 94.3 Å². The summed E-state index contributed by atoms with van der Waals surface area (Å²) in [6.45, 7) is 15.3. The molecule has 1 atom stereocenters. The molecule has 1 unspecified atom stereocenters. The molecule has 244 valence electrons. The molecular formula is C44H50ClNO. The van der Waals surface area contributed by atoms with Gasteiger partial charge in [0.25, 0.3) is 0 Å². The molecule has 1 aliphatic carbocycles. The van der Waals surface area contributed by atoms with E-state index in [4.69, 9.17) is 16.6 Å². The highest BCUT2D eigenvalue weighted by molar-refractivity contribution is 6.33. The van der Waals surface area contributed by atoms with Crippen LogP contribution < -0.4 is 0 Å². The van der Waals surface area contributed by atoms with Crippen LogP contribution in [0.25, 0.3) is 23.3 Å². The zero-order valence-corrected chi connectivity index (χ0v) is 30.0. The molecule has 0 bridgehead atoms. The highest BCUT2D eigenvalue weighted by atomic mass is 35.5. The molecule has 47 heavy (non-hydrogen) atoms. The van der Waals surface area contributed by atoms with E-state index in [2.05, 4.69) is 89.8 Å². The second kappa shape index (κ2) is 15.4. The predicted molar refractivity (Wildman–Crippen MR) is 204 cm³/mol. The first-order valence-corrected chi connectivity index (χ1v) is 17.7. The topological polar surface area (TPSA) is 32.6 Å². The van der Waals surface area contributed by atoms with Gasteiger partial charge in [-0.2, -0.15) is 0 Å². The lowest BCUT2D eigenvalue weighted by Gasteiger charge is -2.26. The van der Waals surface area contributed by atoms with Crippen LogP contribution in [-0.2, 0) is 6.42 Å². The van der Waals surface area contributed by atoms with Crippen LogP contribution in [0.4, 0.5) is 0 Å². The maximum atomic E-state index is 11.6. The van der Waals surface area contributed by atoms with Crippen LogP contribution in [0.5, 0.6) is 5.75 Å². The molecule has 2 nitrogen and oxygen atoms in total. The van der Waals surface area contributed by atoms with E-state index < -0.39 is 0 Å². The molecule has 0 amide bonds. The maximum Gasteiger partial charge on any atom is 0.131 e. The van der Waals surface area contributed by atoms with E-state index in [9.17, 15) is 5.11 Å². The average molecular weight is 644 g/mol. The third-order valence-corrected chi connectivity index (χ3v) is 10.4. The summed E-state index contributed by atoms with van der Waals surface area (Å²) in [4.78, 5) is 4.87. The molecule has 3 aromatic rings. The Morgan fingerprint density at radius 1 is 1.00 bits per heavy atom. The molecule has 1 saturated carbocycles. The van der Waals surface area contributed by atoms with Gasteiger partial charge in [0.05, 0.1) is 5.70 Å². The largest absolute Gasteiger partial charge is 0.507 e. The number of fused-ring (bicyclic) bond motifs is 1. The van der Waals surface area contributed by atoms with Crippen molar-refractivity contribution in [1.29, 1.82) is 0 Å². The van der Waals surface area contributed by atoms with Gasteiger partial charge in [-0.05, 0) is 97.8 Å². The van der Waals surface area contributed by atoms with E-state index in [1.165, 1.54) is 48.0 Å². The number of halogens is 1. The van der Waals surface area contributed by atoms with Gasteiger partial charge in [0, 0.05) is 45.5 Å². The number of phenolic OH excluding ortho intramolecular Hbond substituents is 1. The number of rotatable bonds is 9. The van der Waals surface area contributed by atoms with E-state index in [1.54, 1.807) is 0 Å². The summed E-state index contributed by atoms with van der Waals surface area (Å²) in [5, 5.41) is 12.2. The number of allylic oxidation sites excluding steroid dienone is 6. The molecule has 0 aromatic heterocycles. The summed E-state index contributed by atoms with van der Waals surface area (Å²) in [5.41, 5.74) is 14.8. The lowest BCUT2D eigenvalue weighted by Crippen LogP contribution is -2.10. The minimum atomic E-state index is 0.196. The summed E-state index contributed by atoms with van der Waals surface area (Å²) in [6.07, 6.45) is 18.2. The summed E-state index contributed by atoms with van der Waals surface area (Å²) < 4.78 is 0. The molecule has 1 aliphatic heterocycles. The minimum Gasteiger partial charge on any atom is -0.507 e. The maximum absolute atomic E-state index is 11.6. The van der Waals surface area contributed by atoms with Crippen molar-refractivity contribution in [2.24, 2.45) is 16.8 Å². The van der Waals surface area contributed by atoms with Gasteiger partial charge in [0.1, 0.15) is 5.75 Å². The molecule has 3 heteroatoms. The quantitative estimate of drug-likeness (QED) is 0.183. The Labute approximate surface area is 288 Å². The molecular weight excluding hydrogens is 594 g/mol. The van der Waals surface area contributed by atoms with Crippen molar-refractivity contribution >= 4 is 30.0 Å². The van der Waals surface area contributed by atoms with Crippen LogP contribution in [0.1, 0.15) is 119 Å². The highest BCUT2D eigenvalue weighted by Gasteiger charge is 2.21. The molecule has 0 radical (unpaired) electrons. The number of aromatic hydroxyl groups is 1. The van der Waals surface area contributed by atoms with Gasteiger partial charge in [-0.15, -0.1) is 0 Å². The smallest absolute Gasteiger partial charge is 0.131 e. The fourth-order valence-electron chi connectivity index (χ4n) is 7.01. The second-order valence-electron chi connectivity index (χ2n) is 13.8. The number of hydrogen-bond donors (Lipinski definition) is 1. The SMILES string of the molecule is CC=C(C)C(=CC(C)c1ccc(-c2cc3c(c(/C=C\C)c2O)C=C=C(Cc2ccc(C4CCC(C)CC4)cc2)N=C3)c(Cl)c1)C(C)C. The molecule has 0 saturated heterocycles. The fraction of sp³-hybridized carbons (Fsp3) is 0.364. The number of hydrogen-bond acceptors (Lipinski definition) is 2. The number of nitrogens with zero attached hydrogens (tertiary/aromatic N) is 1. The molecule has 1 N–H and O–H groups in total. The first kappa shape index (κ1) is 34.5. The Bertz CT molecular complexity index is 1790. The van der Waals surface area contributed by atoms with Gasteiger partial charge >= 0.3 is 0 Å². The van der Waals surface area contributed by atoms with Crippen molar-refractivity contribution in [3.63, 3.8) is 0 Å². The summed E-state index contributed by atoms with van der Waals surface area (Å²) in [7, 11) is 0. The Hall–Kier alpha value is -3.84. The van der Waals surface area contributed by atoms with Gasteiger partial charge in [-0.25, -0.2) is 0 Å². The number of benzene rings is 3. The Morgan fingerprint density at radius 2 is 1.72 bits per heavy atom. The van der Waals surface area contributed by atoms with Crippen molar-refractivity contribution in [2.75, 3.05) is 0 Å². The van der Waals surface area contributed by atoms with Crippen LogP contribution in [0.2, 0.25) is 5.02 Å². The first-order valence-electron chi connectivity index (χ1n) is 17.4. The van der Waals surface area contributed by atoms with E-state index >= 15 is 0 Å². The van der Waals surface area contributed by atoms with E-state index in [-0.39, 0.29) is 11.7 Å². The van der Waals surface area contributed by atoms with E-state index in [0.717, 1.165) is 39.4 Å². The van der Waals surface area contributed by atoms with Crippen LogP contribution in [0, 0.1) is 11.8 Å². The fourth-order valence-corrected chi connectivity index (χ4v) is 7.30. The van der Waals surface area contributed by atoms with Gasteiger partial charge in [-0.1, -0.05) is 124 Å². The normalized spacial score (nSPS) is 19.2. The number of aliphatic imine (C=N–C) groups is 1. The lowest BCUT2D eigenvalue weighted by atomic mass is 9.79. The third kappa shape index (κ3) is 8.01. The summed E-state index contributed by atoms with van der Waals surface area (Å²) in [6, 6.07) is 17.3. The Balaban J connectivity index is 1.42. The molecule has 1 fully saturated rings. The zero-order chi connectivity index (χ0) is 33.7. The van der Waals surface area contributed by atoms with Crippen molar-refractivity contribution in [3.8, 4) is 16.9 Å². The molecule has 3 aromatic carbocycles.